The molecule has 0 bridgehead atoms. The molecule has 4 aromatic heterocycles. The van der Waals surface area contributed by atoms with E-state index in [1.165, 1.54) is 12.1 Å². The molecule has 1 N–H and O–H groups in total. The van der Waals surface area contributed by atoms with Crippen LogP contribution in [0.25, 0.3) is 16.8 Å². The van der Waals surface area contributed by atoms with Crippen LogP contribution >= 0.6 is 0 Å². The molecule has 0 radical (unpaired) electrons. The summed E-state index contributed by atoms with van der Waals surface area (Å²) in [6, 6.07) is 4.65. The van der Waals surface area contributed by atoms with E-state index in [0.29, 0.717) is 53.5 Å². The number of aliphatic hydroxyl groups is 1. The molecule has 0 saturated carbocycles. The lowest BCUT2D eigenvalue weighted by Crippen LogP contribution is -2.39. The molecule has 11 nitrogen and oxygen atoms in total. The van der Waals surface area contributed by atoms with Gasteiger partial charge in [0.15, 0.2) is 6.10 Å². The minimum absolute atomic E-state index is 0.0887. The molecule has 1 atom stereocenters. The molecular weight excluding hydrogens is 517 g/mol. The Morgan fingerprint density at radius 3 is 2.75 bits per heavy atom. The normalized spacial score (nSPS) is 14.6. The van der Waals surface area contributed by atoms with Gasteiger partial charge in [-0.1, -0.05) is 11.1 Å². The highest BCUT2D eigenvalue weighted by Gasteiger charge is 2.28. The topological polar surface area (TPSA) is 120 Å². The molecule has 1 amide bonds. The van der Waals surface area contributed by atoms with Crippen molar-refractivity contribution in [1.29, 1.82) is 0 Å². The third-order valence-electron chi connectivity index (χ3n) is 6.89. The van der Waals surface area contributed by atoms with Gasteiger partial charge in [-0.2, -0.15) is 5.10 Å². The van der Waals surface area contributed by atoms with Crippen LogP contribution < -0.4 is 4.74 Å². The average Bonchev–Trinajstić information content (AvgIpc) is 3.56. The Morgan fingerprint density at radius 2 is 2.08 bits per heavy atom. The number of likely N-dealkylation sites (tertiary alicyclic amines) is 1. The summed E-state index contributed by atoms with van der Waals surface area (Å²) in [5.74, 6) is 5.85. The minimum Gasteiger partial charge on any atom is -0.479 e. The number of rotatable bonds is 7. The molecule has 0 aliphatic carbocycles. The van der Waals surface area contributed by atoms with Crippen LogP contribution in [0.1, 0.15) is 55.8 Å². The van der Waals surface area contributed by atoms with Gasteiger partial charge in [0.2, 0.25) is 0 Å². The molecule has 12 heteroatoms. The predicted octanol–water partition coefficient (Wildman–Crippen LogP) is 3.71. The third kappa shape index (κ3) is 5.33. The maximum atomic E-state index is 13.5. The van der Waals surface area contributed by atoms with Gasteiger partial charge in [0.1, 0.15) is 22.8 Å². The summed E-state index contributed by atoms with van der Waals surface area (Å²) >= 11 is 0. The van der Waals surface area contributed by atoms with Gasteiger partial charge in [-0.25, -0.2) is 18.4 Å². The van der Waals surface area contributed by atoms with Crippen LogP contribution in [0.15, 0.2) is 36.8 Å². The number of hydrogen-bond donors (Lipinski definition) is 1. The van der Waals surface area contributed by atoms with E-state index in [4.69, 9.17) is 9.47 Å². The fourth-order valence-electron chi connectivity index (χ4n) is 4.91. The fraction of sp³-hybridized carbons (Fsp3) is 0.393. The van der Waals surface area contributed by atoms with E-state index in [1.807, 2.05) is 23.9 Å². The maximum absolute atomic E-state index is 13.5. The van der Waals surface area contributed by atoms with Gasteiger partial charge in [0, 0.05) is 24.8 Å². The van der Waals surface area contributed by atoms with E-state index in [0.717, 1.165) is 24.7 Å². The minimum atomic E-state index is -0.849. The second kappa shape index (κ2) is 11.7. The molecule has 1 saturated heterocycles. The lowest BCUT2D eigenvalue weighted by Gasteiger charge is -2.31. The Kier molecular flexibility index (Phi) is 7.93. The van der Waals surface area contributed by atoms with E-state index in [-0.39, 0.29) is 18.7 Å². The molecule has 0 spiro atoms. The van der Waals surface area contributed by atoms with Crippen molar-refractivity contribution in [2.45, 2.75) is 45.8 Å². The number of aromatic nitrogens is 6. The van der Waals surface area contributed by atoms with Crippen molar-refractivity contribution in [3.63, 3.8) is 0 Å². The number of aliphatic hydroxyl groups excluding tert-OH is 1. The first kappa shape index (κ1) is 27.1. The van der Waals surface area contributed by atoms with E-state index in [9.17, 15) is 14.3 Å². The van der Waals surface area contributed by atoms with Crippen molar-refractivity contribution in [2.75, 3.05) is 26.3 Å². The largest absolute Gasteiger partial charge is 0.479 e. The molecular formula is C28H30FN7O4. The number of ether oxygens (including phenoxy) is 2. The lowest BCUT2D eigenvalue weighted by atomic mass is 10.0. The second-order valence-corrected chi connectivity index (χ2v) is 9.39. The zero-order valence-electron chi connectivity index (χ0n) is 22.5. The molecule has 5 heterocycles. The first-order valence-electron chi connectivity index (χ1n) is 13.1. The van der Waals surface area contributed by atoms with Crippen molar-refractivity contribution in [3.8, 4) is 28.8 Å². The number of amides is 1. The van der Waals surface area contributed by atoms with Crippen molar-refractivity contribution in [3.05, 3.63) is 59.6 Å². The highest BCUT2D eigenvalue weighted by Crippen LogP contribution is 2.34. The summed E-state index contributed by atoms with van der Waals surface area (Å²) in [5.41, 5.74) is 3.87. The summed E-state index contributed by atoms with van der Waals surface area (Å²) in [6.45, 7) is 6.61. The van der Waals surface area contributed by atoms with Crippen LogP contribution in [-0.4, -0.2) is 72.0 Å². The van der Waals surface area contributed by atoms with E-state index in [1.54, 1.807) is 29.5 Å². The summed E-state index contributed by atoms with van der Waals surface area (Å²) in [7, 11) is 0. The average molecular weight is 548 g/mol. The summed E-state index contributed by atoms with van der Waals surface area (Å²) in [4.78, 5) is 17.9. The number of fused-ring (bicyclic) bond motifs is 1. The Labute approximate surface area is 230 Å². The molecule has 1 aliphatic heterocycles. The number of piperidine rings is 1. The predicted molar refractivity (Wildman–Crippen MR) is 143 cm³/mol. The van der Waals surface area contributed by atoms with E-state index >= 15 is 0 Å². The van der Waals surface area contributed by atoms with Gasteiger partial charge in [-0.3, -0.25) is 4.98 Å². The van der Waals surface area contributed by atoms with Crippen molar-refractivity contribution in [2.24, 2.45) is 0 Å². The number of nitrogens with zero attached hydrogens (tertiary/aromatic N) is 7. The van der Waals surface area contributed by atoms with Gasteiger partial charge < -0.3 is 19.5 Å². The highest BCUT2D eigenvalue weighted by atomic mass is 19.1. The molecule has 40 heavy (non-hydrogen) atoms. The van der Waals surface area contributed by atoms with Gasteiger partial charge >= 0.3 is 6.09 Å². The maximum Gasteiger partial charge on any atom is 0.409 e. The summed E-state index contributed by atoms with van der Waals surface area (Å²) < 4.78 is 28.4. The molecule has 5 rings (SSSR count). The third-order valence-corrected chi connectivity index (χ3v) is 6.89. The summed E-state index contributed by atoms with van der Waals surface area (Å²) in [5, 5.41) is 23.5. The van der Waals surface area contributed by atoms with Gasteiger partial charge in [-0.15, -0.1) is 11.0 Å². The van der Waals surface area contributed by atoms with Crippen LogP contribution in [0.4, 0.5) is 9.18 Å². The second-order valence-electron chi connectivity index (χ2n) is 9.39. The van der Waals surface area contributed by atoms with E-state index in [2.05, 4.69) is 32.2 Å². The van der Waals surface area contributed by atoms with Crippen LogP contribution in [0.5, 0.6) is 5.75 Å². The first-order chi connectivity index (χ1) is 19.4. The Balaban J connectivity index is 1.48. The van der Waals surface area contributed by atoms with Crippen LogP contribution in [-0.2, 0) is 4.74 Å². The molecule has 1 unspecified atom stereocenters. The Bertz CT molecular complexity index is 1560. The highest BCUT2D eigenvalue weighted by molar-refractivity contribution is 5.75. The van der Waals surface area contributed by atoms with Crippen molar-refractivity contribution < 1.29 is 23.8 Å². The van der Waals surface area contributed by atoms with Crippen molar-refractivity contribution >= 4 is 11.6 Å². The van der Waals surface area contributed by atoms with Gasteiger partial charge in [0.25, 0.3) is 0 Å². The number of pyridine rings is 2. The van der Waals surface area contributed by atoms with Crippen LogP contribution in [0.2, 0.25) is 0 Å². The number of carbonyl (C=O) groups excluding carboxylic acids is 1. The lowest BCUT2D eigenvalue weighted by molar-refractivity contribution is 0.0912. The summed E-state index contributed by atoms with van der Waals surface area (Å²) in [6.07, 6.45) is 4.89. The van der Waals surface area contributed by atoms with Crippen LogP contribution in [0.3, 0.4) is 0 Å². The zero-order valence-corrected chi connectivity index (χ0v) is 22.5. The smallest absolute Gasteiger partial charge is 0.409 e. The van der Waals surface area contributed by atoms with Crippen molar-refractivity contribution in [1.82, 2.24) is 34.5 Å². The van der Waals surface area contributed by atoms with Gasteiger partial charge in [0.05, 0.1) is 48.6 Å². The molecule has 1 fully saturated rings. The van der Waals surface area contributed by atoms with Gasteiger partial charge in [-0.05, 0) is 51.8 Å². The molecule has 4 aromatic rings. The van der Waals surface area contributed by atoms with Crippen LogP contribution in [0, 0.1) is 24.6 Å². The zero-order chi connectivity index (χ0) is 28.2. The quantitative estimate of drug-likeness (QED) is 0.348. The number of hydrogen-bond acceptors (Lipinski definition) is 8. The standard InChI is InChI=1S/C28H30FN7O4/c1-4-6-19-14-31-35-16-20(13-24(27(19)35)40-25(17-37)23-8-7-21(29)15-30-23)26-18(3)36(33-32-26)22-9-11-34(12-10-22)28(38)39-5-2/h7-8,13-16,22,25,37H,5,9-12,17H2,1-3H3. The molecule has 1 aliphatic rings. The monoisotopic (exact) mass is 547 g/mol. The first-order valence-corrected chi connectivity index (χ1v) is 13.1. The van der Waals surface area contributed by atoms with E-state index < -0.39 is 11.9 Å². The molecule has 0 aromatic carbocycles. The number of carbonyl (C=O) groups is 1. The molecule has 208 valence electrons. The SMILES string of the molecule is CC#Cc1cnn2cc(-c3nnn(C4CCN(C(=O)OCC)CC4)c3C)cc(OC(CO)c3ccc(F)cn3)c12. The fourth-order valence-corrected chi connectivity index (χ4v) is 4.91. The number of halogens is 1. The Hall–Kier alpha value is -4.50. The Morgan fingerprint density at radius 1 is 1.27 bits per heavy atom.